The number of pyridine rings is 2. The summed E-state index contributed by atoms with van der Waals surface area (Å²) in [7, 11) is -1.63. The summed E-state index contributed by atoms with van der Waals surface area (Å²) in [6.45, 7) is 2.06. The largest absolute Gasteiger partial charge is 0.433 e. The molecule has 12 heteroatoms. The summed E-state index contributed by atoms with van der Waals surface area (Å²) in [5.41, 5.74) is 0.581. The van der Waals surface area contributed by atoms with Gasteiger partial charge in [0.2, 0.25) is 5.91 Å². The van der Waals surface area contributed by atoms with E-state index in [0.29, 0.717) is 46.7 Å². The highest BCUT2D eigenvalue weighted by Gasteiger charge is 2.35. The van der Waals surface area contributed by atoms with Gasteiger partial charge >= 0.3 is 6.18 Å². The summed E-state index contributed by atoms with van der Waals surface area (Å²) in [5.74, 6) is -0.734. The lowest BCUT2D eigenvalue weighted by Crippen LogP contribution is -2.43. The van der Waals surface area contributed by atoms with E-state index in [9.17, 15) is 26.6 Å². The maximum absolute atomic E-state index is 13.6. The number of alkyl halides is 3. The van der Waals surface area contributed by atoms with Crippen molar-refractivity contribution < 1.29 is 26.6 Å². The number of rotatable bonds is 6. The molecule has 1 saturated heterocycles. The fourth-order valence-corrected chi connectivity index (χ4v) is 5.55. The van der Waals surface area contributed by atoms with E-state index in [1.807, 2.05) is 0 Å². The third-order valence-corrected chi connectivity index (χ3v) is 7.59. The van der Waals surface area contributed by atoms with E-state index in [1.165, 1.54) is 30.5 Å². The van der Waals surface area contributed by atoms with Crippen molar-refractivity contribution in [2.24, 2.45) is 0 Å². The van der Waals surface area contributed by atoms with Crippen molar-refractivity contribution >= 4 is 28.5 Å². The van der Waals surface area contributed by atoms with Crippen LogP contribution < -0.4 is 5.32 Å². The van der Waals surface area contributed by atoms with Crippen LogP contribution in [-0.4, -0.2) is 37.0 Å². The molecular weight excluding hydrogens is 520 g/mol. The lowest BCUT2D eigenvalue weighted by atomic mass is 10.1. The van der Waals surface area contributed by atoms with Gasteiger partial charge < -0.3 is 5.32 Å². The van der Waals surface area contributed by atoms with Crippen LogP contribution in [0.25, 0.3) is 11.1 Å². The third kappa shape index (κ3) is 5.74. The second-order valence-corrected chi connectivity index (χ2v) is 10.1. The topological polar surface area (TPSA) is 75.2 Å². The maximum Gasteiger partial charge on any atom is 0.433 e. The number of benzene rings is 1. The van der Waals surface area contributed by atoms with Gasteiger partial charge in [-0.05, 0) is 55.7 Å². The van der Waals surface area contributed by atoms with Crippen LogP contribution >= 0.6 is 11.6 Å². The Balaban J connectivity index is 1.45. The van der Waals surface area contributed by atoms with Gasteiger partial charge in [-0.25, -0.2) is 12.9 Å². The number of amides is 1. The van der Waals surface area contributed by atoms with Crippen LogP contribution in [0.2, 0.25) is 5.02 Å². The van der Waals surface area contributed by atoms with Gasteiger partial charge in [-0.1, -0.05) is 17.7 Å². The first-order chi connectivity index (χ1) is 17.0. The molecule has 3 heterocycles. The molecule has 190 valence electrons. The van der Waals surface area contributed by atoms with Crippen LogP contribution in [-0.2, 0) is 28.5 Å². The Hall–Kier alpha value is -2.89. The number of aryl methyl sites for hydroxylation is 1. The van der Waals surface area contributed by atoms with Crippen molar-refractivity contribution in [1.29, 1.82) is 0 Å². The quantitative estimate of drug-likeness (QED) is 0.443. The van der Waals surface area contributed by atoms with Crippen molar-refractivity contribution in [3.63, 3.8) is 0 Å². The van der Waals surface area contributed by atoms with E-state index >= 15 is 0 Å². The van der Waals surface area contributed by atoms with Gasteiger partial charge in [-0.3, -0.25) is 14.8 Å². The number of carbonyl (C=O) groups excluding carboxylic acids is 1. The summed E-state index contributed by atoms with van der Waals surface area (Å²) >= 11 is 6.20. The van der Waals surface area contributed by atoms with Crippen molar-refractivity contribution in [3.05, 3.63) is 76.6 Å². The first-order valence-electron chi connectivity index (χ1n) is 10.9. The number of nitrogens with zero attached hydrogens (tertiary/aromatic N) is 3. The van der Waals surface area contributed by atoms with Crippen LogP contribution in [0.5, 0.6) is 0 Å². The Kier molecular flexibility index (Phi) is 7.72. The molecule has 0 spiro atoms. The molecule has 1 aliphatic heterocycles. The van der Waals surface area contributed by atoms with E-state index in [4.69, 9.17) is 11.6 Å². The average molecular weight is 541 g/mol. The first-order valence-corrected chi connectivity index (χ1v) is 12.4. The molecule has 0 bridgehead atoms. The van der Waals surface area contributed by atoms with Crippen LogP contribution in [0.15, 0.2) is 53.7 Å². The normalized spacial score (nSPS) is 17.2. The molecule has 0 aliphatic carbocycles. The molecular formula is C24H21ClF4N4O2S. The van der Waals surface area contributed by atoms with Crippen molar-refractivity contribution in [2.45, 2.75) is 43.4 Å². The zero-order valence-corrected chi connectivity index (χ0v) is 20.6. The summed E-state index contributed by atoms with van der Waals surface area (Å²) in [4.78, 5) is 21.0. The van der Waals surface area contributed by atoms with E-state index < -0.39 is 34.7 Å². The molecule has 6 nitrogen and oxygen atoms in total. The van der Waals surface area contributed by atoms with Gasteiger partial charge in [0.05, 0.1) is 22.2 Å². The second-order valence-electron chi connectivity index (χ2n) is 8.26. The molecule has 36 heavy (non-hydrogen) atoms. The molecule has 1 fully saturated rings. The highest BCUT2D eigenvalue weighted by molar-refractivity contribution is 7.82. The highest BCUT2D eigenvalue weighted by Crippen LogP contribution is 2.31. The predicted octanol–water partition coefficient (Wildman–Crippen LogP) is 5.07. The summed E-state index contributed by atoms with van der Waals surface area (Å²) in [6, 6.07) is 7.27. The lowest BCUT2D eigenvalue weighted by molar-refractivity contribution is -0.141. The van der Waals surface area contributed by atoms with Crippen LogP contribution in [0, 0.1) is 12.7 Å². The van der Waals surface area contributed by atoms with Gasteiger partial charge in [0.1, 0.15) is 28.5 Å². The molecule has 0 radical (unpaired) electrons. The minimum Gasteiger partial charge on any atom is -0.349 e. The van der Waals surface area contributed by atoms with Gasteiger partial charge in [0, 0.05) is 30.1 Å². The minimum absolute atomic E-state index is 0.0314. The second kappa shape index (κ2) is 10.6. The van der Waals surface area contributed by atoms with Gasteiger partial charge in [0.15, 0.2) is 0 Å². The van der Waals surface area contributed by atoms with E-state index in [1.54, 1.807) is 17.3 Å². The number of aromatic nitrogens is 2. The molecule has 2 atom stereocenters. The predicted molar refractivity (Wildman–Crippen MR) is 127 cm³/mol. The highest BCUT2D eigenvalue weighted by atomic mass is 35.5. The zero-order chi connectivity index (χ0) is 26.0. The summed E-state index contributed by atoms with van der Waals surface area (Å²) < 4.78 is 66.6. The lowest BCUT2D eigenvalue weighted by Gasteiger charge is -2.22. The zero-order valence-electron chi connectivity index (χ0n) is 19.0. The van der Waals surface area contributed by atoms with Crippen molar-refractivity contribution in [1.82, 2.24) is 19.6 Å². The fourth-order valence-electron chi connectivity index (χ4n) is 3.88. The number of hydrogen-bond acceptors (Lipinski definition) is 4. The maximum atomic E-state index is 13.6. The standard InChI is InChI=1S/C24H21ClF4N4O2S/c1-14-9-17(5-6-20(14)26)36(35)33-8-2-3-21(33)23(34)32-12-16-10-18(19(25)13-30-16)15-4-7-22(31-11-15)24(27,28)29/h4-7,9-11,13,21H,2-3,8,12H2,1H3,(H,32,34). The molecule has 2 unspecified atom stereocenters. The summed E-state index contributed by atoms with van der Waals surface area (Å²) in [6.07, 6.45) is -0.939. The van der Waals surface area contributed by atoms with E-state index in [-0.39, 0.29) is 17.5 Å². The average Bonchev–Trinajstić information content (AvgIpc) is 3.34. The Morgan fingerprint density at radius 1 is 1.19 bits per heavy atom. The SMILES string of the molecule is Cc1cc(S(=O)N2CCCC2C(=O)NCc2cc(-c3ccc(C(F)(F)F)nc3)c(Cl)cn2)ccc1F. The van der Waals surface area contributed by atoms with Crippen LogP contribution in [0.4, 0.5) is 17.6 Å². The monoisotopic (exact) mass is 540 g/mol. The Bertz CT molecular complexity index is 1300. The van der Waals surface area contributed by atoms with Crippen molar-refractivity contribution in [2.75, 3.05) is 6.54 Å². The third-order valence-electron chi connectivity index (χ3n) is 5.77. The van der Waals surface area contributed by atoms with Gasteiger partial charge in [-0.15, -0.1) is 0 Å². The molecule has 4 rings (SSSR count). The molecule has 1 amide bonds. The summed E-state index contributed by atoms with van der Waals surface area (Å²) in [5, 5.41) is 3.00. The van der Waals surface area contributed by atoms with Gasteiger partial charge in [-0.2, -0.15) is 13.2 Å². The Labute approximate surface area is 212 Å². The van der Waals surface area contributed by atoms with Crippen molar-refractivity contribution in [3.8, 4) is 11.1 Å². The molecule has 1 aliphatic rings. The first kappa shape index (κ1) is 26.2. The molecule has 1 N–H and O–H groups in total. The number of carbonyl (C=O) groups is 1. The Morgan fingerprint density at radius 3 is 2.64 bits per heavy atom. The molecule has 1 aromatic carbocycles. The van der Waals surface area contributed by atoms with E-state index in [0.717, 1.165) is 12.3 Å². The molecule has 3 aromatic rings. The molecule has 2 aromatic heterocycles. The van der Waals surface area contributed by atoms with E-state index in [2.05, 4.69) is 15.3 Å². The number of hydrogen-bond donors (Lipinski definition) is 1. The Morgan fingerprint density at radius 2 is 1.97 bits per heavy atom. The van der Waals surface area contributed by atoms with Crippen LogP contribution in [0.1, 0.15) is 29.8 Å². The number of nitrogens with one attached hydrogen (secondary N) is 1. The van der Waals surface area contributed by atoms with Gasteiger partial charge in [0.25, 0.3) is 0 Å². The van der Waals surface area contributed by atoms with Crippen LogP contribution in [0.3, 0.4) is 0 Å². The smallest absolute Gasteiger partial charge is 0.349 e. The fraction of sp³-hybridized carbons (Fsp3) is 0.292. The molecule has 0 saturated carbocycles. The number of halogens is 5. The minimum atomic E-state index is -4.55.